The third kappa shape index (κ3) is 2.67. The Bertz CT molecular complexity index is 507. The van der Waals surface area contributed by atoms with E-state index in [-0.39, 0.29) is 17.6 Å². The molecule has 0 heterocycles. The van der Waals surface area contributed by atoms with Crippen LogP contribution in [0.1, 0.15) is 17.5 Å². The molecule has 2 rings (SSSR count). The molecule has 0 spiro atoms. The molecule has 0 bridgehead atoms. The summed E-state index contributed by atoms with van der Waals surface area (Å²) < 4.78 is 13.2. The zero-order chi connectivity index (χ0) is 13.1. The molecule has 1 aliphatic carbocycles. The van der Waals surface area contributed by atoms with Crippen LogP contribution in [0.15, 0.2) is 43.1 Å². The Hall–Kier alpha value is -1.90. The van der Waals surface area contributed by atoms with Gasteiger partial charge in [0.25, 0.3) is 0 Å². The van der Waals surface area contributed by atoms with Crippen molar-refractivity contribution in [1.82, 2.24) is 5.32 Å². The lowest BCUT2D eigenvalue weighted by atomic mass is 9.83. The molecular formula is C15H16FNO. The van der Waals surface area contributed by atoms with E-state index in [1.165, 1.54) is 18.2 Å². The molecule has 0 aliphatic heterocycles. The highest BCUT2D eigenvalue weighted by Crippen LogP contribution is 2.26. The minimum absolute atomic E-state index is 0.0604. The molecule has 0 radical (unpaired) electrons. The maximum Gasteiger partial charge on any atom is 0.227 e. The summed E-state index contributed by atoms with van der Waals surface area (Å²) in [6.45, 7) is 7.20. The number of aryl methyl sites for hydroxylation is 1. The van der Waals surface area contributed by atoms with Crippen molar-refractivity contribution in [2.45, 2.75) is 19.3 Å². The number of carbonyl (C=O) groups excluding carboxylic acids is 1. The summed E-state index contributed by atoms with van der Waals surface area (Å²) in [5, 5.41) is 2.70. The highest BCUT2D eigenvalue weighted by molar-refractivity contribution is 5.81. The second-order valence-corrected chi connectivity index (χ2v) is 4.57. The summed E-state index contributed by atoms with van der Waals surface area (Å²) in [5.41, 5.74) is 2.58. The van der Waals surface area contributed by atoms with Crippen LogP contribution in [0.3, 0.4) is 0 Å². The monoisotopic (exact) mass is 245 g/mol. The molecule has 1 aromatic rings. The lowest BCUT2D eigenvalue weighted by Crippen LogP contribution is -2.33. The van der Waals surface area contributed by atoms with Gasteiger partial charge < -0.3 is 5.32 Å². The van der Waals surface area contributed by atoms with E-state index >= 15 is 0 Å². The summed E-state index contributed by atoms with van der Waals surface area (Å²) in [6, 6.07) is 4.80. The fourth-order valence-corrected chi connectivity index (χ4v) is 2.26. The zero-order valence-corrected chi connectivity index (χ0v) is 10.2. The van der Waals surface area contributed by atoms with E-state index in [0.29, 0.717) is 12.1 Å². The van der Waals surface area contributed by atoms with Crippen molar-refractivity contribution >= 4 is 5.91 Å². The van der Waals surface area contributed by atoms with Crippen molar-refractivity contribution in [3.8, 4) is 0 Å². The third-order valence-corrected chi connectivity index (χ3v) is 3.30. The third-order valence-electron chi connectivity index (χ3n) is 3.30. The molecule has 0 aromatic heterocycles. The van der Waals surface area contributed by atoms with Crippen LogP contribution in [0.4, 0.5) is 4.39 Å². The van der Waals surface area contributed by atoms with Gasteiger partial charge >= 0.3 is 0 Å². The molecule has 1 atom stereocenters. The largest absolute Gasteiger partial charge is 0.326 e. The van der Waals surface area contributed by atoms with Crippen molar-refractivity contribution in [2.75, 3.05) is 0 Å². The normalized spacial score (nSPS) is 17.7. The molecule has 1 aliphatic rings. The molecule has 1 N–H and O–H groups in total. The summed E-state index contributed by atoms with van der Waals surface area (Å²) in [7, 11) is 0. The Morgan fingerprint density at radius 2 is 2.22 bits per heavy atom. The second kappa shape index (κ2) is 5.17. The number of rotatable bonds is 3. The number of hydrogen-bond donors (Lipinski definition) is 1. The number of carbonyl (C=O) groups is 1. The van der Waals surface area contributed by atoms with Crippen LogP contribution in [0.2, 0.25) is 0 Å². The number of nitrogens with one attached hydrogen (secondary N) is 1. The number of benzene rings is 1. The van der Waals surface area contributed by atoms with E-state index in [4.69, 9.17) is 0 Å². The molecular weight excluding hydrogens is 229 g/mol. The van der Waals surface area contributed by atoms with Crippen molar-refractivity contribution in [3.05, 3.63) is 60.1 Å². The topological polar surface area (TPSA) is 29.1 Å². The summed E-state index contributed by atoms with van der Waals surface area (Å²) in [4.78, 5) is 11.9. The number of allylic oxidation sites excluding steroid dienone is 1. The number of hydrogen-bond acceptors (Lipinski definition) is 1. The molecule has 1 amide bonds. The maximum atomic E-state index is 13.2. The fourth-order valence-electron chi connectivity index (χ4n) is 2.26. The van der Waals surface area contributed by atoms with Crippen LogP contribution in [-0.2, 0) is 17.6 Å². The molecule has 18 heavy (non-hydrogen) atoms. The van der Waals surface area contributed by atoms with Crippen LogP contribution in [0.25, 0.3) is 0 Å². The van der Waals surface area contributed by atoms with Gasteiger partial charge in [0.1, 0.15) is 5.82 Å². The summed E-state index contributed by atoms with van der Waals surface area (Å²) in [5.74, 6) is -0.420. The van der Waals surface area contributed by atoms with E-state index in [1.54, 1.807) is 0 Å². The van der Waals surface area contributed by atoms with Gasteiger partial charge in [0.05, 0.1) is 0 Å². The standard InChI is InChI=1S/C15H16FNO/c1-3-10(2)17-15(18)12-5-4-11-6-7-14(16)9-13(11)8-12/h3,6-7,9,12H,1-2,4-5,8H2,(H,17,18)/t12-/m0/s1. The highest BCUT2D eigenvalue weighted by atomic mass is 19.1. The van der Waals surface area contributed by atoms with Crippen molar-refractivity contribution in [2.24, 2.45) is 5.92 Å². The first-order valence-corrected chi connectivity index (χ1v) is 5.99. The molecule has 1 aromatic carbocycles. The van der Waals surface area contributed by atoms with E-state index in [1.807, 2.05) is 6.07 Å². The van der Waals surface area contributed by atoms with Crippen molar-refractivity contribution in [1.29, 1.82) is 0 Å². The first kappa shape index (κ1) is 12.6. The maximum absolute atomic E-state index is 13.2. The van der Waals surface area contributed by atoms with Gasteiger partial charge in [0, 0.05) is 11.6 Å². The molecule has 0 saturated carbocycles. The van der Waals surface area contributed by atoms with Crippen molar-refractivity contribution in [3.63, 3.8) is 0 Å². The SMILES string of the molecule is C=CC(=C)NC(=O)[C@H]1CCc2ccc(F)cc2C1. The van der Waals surface area contributed by atoms with E-state index in [2.05, 4.69) is 18.5 Å². The molecule has 0 fully saturated rings. The predicted molar refractivity (Wildman–Crippen MR) is 69.4 cm³/mol. The first-order chi connectivity index (χ1) is 8.60. The minimum Gasteiger partial charge on any atom is -0.326 e. The smallest absolute Gasteiger partial charge is 0.227 e. The van der Waals surface area contributed by atoms with Gasteiger partial charge in [-0.1, -0.05) is 19.2 Å². The van der Waals surface area contributed by atoms with Gasteiger partial charge in [-0.15, -0.1) is 0 Å². The quantitative estimate of drug-likeness (QED) is 0.815. The van der Waals surface area contributed by atoms with Crippen LogP contribution in [-0.4, -0.2) is 5.91 Å². The molecule has 94 valence electrons. The van der Waals surface area contributed by atoms with Gasteiger partial charge in [-0.05, 0) is 48.6 Å². The van der Waals surface area contributed by atoms with Crippen molar-refractivity contribution < 1.29 is 9.18 Å². The Morgan fingerprint density at radius 3 is 2.94 bits per heavy atom. The van der Waals surface area contributed by atoms with Gasteiger partial charge in [-0.25, -0.2) is 4.39 Å². The zero-order valence-electron chi connectivity index (χ0n) is 10.2. The van der Waals surface area contributed by atoms with E-state index < -0.39 is 0 Å². The molecule has 2 nitrogen and oxygen atoms in total. The summed E-state index contributed by atoms with van der Waals surface area (Å²) >= 11 is 0. The number of amides is 1. The average molecular weight is 245 g/mol. The number of fused-ring (bicyclic) bond motifs is 1. The lowest BCUT2D eigenvalue weighted by molar-refractivity contribution is -0.124. The average Bonchev–Trinajstić information content (AvgIpc) is 2.37. The second-order valence-electron chi connectivity index (χ2n) is 4.57. The lowest BCUT2D eigenvalue weighted by Gasteiger charge is -2.23. The van der Waals surface area contributed by atoms with Crippen LogP contribution >= 0.6 is 0 Å². The summed E-state index contributed by atoms with van der Waals surface area (Å²) in [6.07, 6.45) is 3.70. The molecule has 0 saturated heterocycles. The van der Waals surface area contributed by atoms with E-state index in [9.17, 15) is 9.18 Å². The molecule has 3 heteroatoms. The Kier molecular flexibility index (Phi) is 3.60. The van der Waals surface area contributed by atoms with Gasteiger partial charge in [-0.3, -0.25) is 4.79 Å². The van der Waals surface area contributed by atoms with Crippen LogP contribution < -0.4 is 5.32 Å². The fraction of sp³-hybridized carbons (Fsp3) is 0.267. The predicted octanol–water partition coefficient (Wildman–Crippen LogP) is 2.75. The molecule has 0 unspecified atom stereocenters. The van der Waals surface area contributed by atoms with Gasteiger partial charge in [0.2, 0.25) is 5.91 Å². The van der Waals surface area contributed by atoms with Crippen LogP contribution in [0, 0.1) is 11.7 Å². The van der Waals surface area contributed by atoms with E-state index in [0.717, 1.165) is 24.0 Å². The van der Waals surface area contributed by atoms with Crippen LogP contribution in [0.5, 0.6) is 0 Å². The Labute approximate surface area is 106 Å². The van der Waals surface area contributed by atoms with Gasteiger partial charge in [0.15, 0.2) is 0 Å². The van der Waals surface area contributed by atoms with Gasteiger partial charge in [-0.2, -0.15) is 0 Å². The highest BCUT2D eigenvalue weighted by Gasteiger charge is 2.24. The number of halogens is 1. The first-order valence-electron chi connectivity index (χ1n) is 5.99. The Balaban J connectivity index is 2.09. The Morgan fingerprint density at radius 1 is 1.44 bits per heavy atom. The minimum atomic E-state index is -0.245.